The number of alkyl carbamates (subject to hydrolysis) is 1. The lowest BCUT2D eigenvalue weighted by Gasteiger charge is -2.35. The molecule has 2 aliphatic heterocycles. The molecule has 1 amide bonds. The Hall–Kier alpha value is -4.90. The van der Waals surface area contributed by atoms with Crippen LogP contribution in [0.25, 0.3) is 11.2 Å². The number of nitrogens with one attached hydrogen (secondary N) is 2. The van der Waals surface area contributed by atoms with Crippen molar-refractivity contribution >= 4 is 17.4 Å². The standard InChI is InChI=1S/C45H58F3N7O6/c1-44(2,3)61-42(56)49-17-20-58-28-31-11-13-32(14-12-31)29-59-21-22-60-37-15-18-53(19-16-37)25-33-23-38(45(46,47)48)39-27-54(43(57)55(39)26-33)36-10-6-9-35(24-36)40(34-7-5-8-34)41-51-50-30-52(41)4/h6,9-14,23-24,26-27,34,37,40,50H,5,7-8,15-22,25,28-30H2,1-4H3,(H,49,56). The van der Waals surface area contributed by atoms with Gasteiger partial charge in [-0.1, -0.05) is 42.8 Å². The van der Waals surface area contributed by atoms with Gasteiger partial charge in [-0.3, -0.25) is 19.3 Å². The van der Waals surface area contributed by atoms with Crippen molar-refractivity contribution in [3.8, 4) is 5.69 Å². The number of carbonyl (C=O) groups is 1. The van der Waals surface area contributed by atoms with Gasteiger partial charge in [-0.25, -0.2) is 9.59 Å². The Bertz CT molecular complexity index is 2190. The fourth-order valence-corrected chi connectivity index (χ4v) is 8.13. The highest BCUT2D eigenvalue weighted by Gasteiger charge is 2.37. The summed E-state index contributed by atoms with van der Waals surface area (Å²) in [7, 11) is 1.99. The van der Waals surface area contributed by atoms with Crippen LogP contribution in [0.2, 0.25) is 0 Å². The van der Waals surface area contributed by atoms with Crippen molar-refractivity contribution in [1.82, 2.24) is 29.5 Å². The van der Waals surface area contributed by atoms with Crippen LogP contribution < -0.4 is 16.4 Å². The minimum atomic E-state index is -4.65. The lowest BCUT2D eigenvalue weighted by atomic mass is 9.72. The first-order valence-electron chi connectivity index (χ1n) is 21.2. The molecule has 3 aliphatic rings. The summed E-state index contributed by atoms with van der Waals surface area (Å²) in [5.41, 5.74) is 4.93. The van der Waals surface area contributed by atoms with Gasteiger partial charge in [0, 0.05) is 51.5 Å². The zero-order valence-corrected chi connectivity index (χ0v) is 35.5. The summed E-state index contributed by atoms with van der Waals surface area (Å²) in [4.78, 5) is 29.8. The molecule has 13 nitrogen and oxygen atoms in total. The van der Waals surface area contributed by atoms with Crippen LogP contribution >= 0.6 is 0 Å². The number of imidazole rings is 1. The fourth-order valence-electron chi connectivity index (χ4n) is 8.13. The molecule has 2 aromatic heterocycles. The average Bonchev–Trinajstić information content (AvgIpc) is 3.77. The molecule has 1 aliphatic carbocycles. The molecule has 4 aromatic rings. The summed E-state index contributed by atoms with van der Waals surface area (Å²) < 4.78 is 69.0. The second-order valence-electron chi connectivity index (χ2n) is 17.2. The molecule has 1 unspecified atom stereocenters. The van der Waals surface area contributed by atoms with Crippen LogP contribution in [0.1, 0.15) is 86.6 Å². The second-order valence-corrected chi connectivity index (χ2v) is 17.2. The molecule has 7 rings (SSSR count). The zero-order chi connectivity index (χ0) is 43.1. The molecule has 16 heteroatoms. The number of halogens is 3. The van der Waals surface area contributed by atoms with Gasteiger partial charge in [0.15, 0.2) is 0 Å². The van der Waals surface area contributed by atoms with Crippen molar-refractivity contribution < 1.29 is 36.9 Å². The highest BCUT2D eigenvalue weighted by atomic mass is 19.4. The van der Waals surface area contributed by atoms with E-state index in [0.717, 1.165) is 59.0 Å². The molecule has 4 heterocycles. The van der Waals surface area contributed by atoms with E-state index in [1.54, 1.807) is 12.3 Å². The first-order chi connectivity index (χ1) is 29.2. The van der Waals surface area contributed by atoms with E-state index in [1.807, 2.05) is 70.3 Å². The van der Waals surface area contributed by atoms with Crippen LogP contribution in [-0.2, 0) is 44.9 Å². The summed E-state index contributed by atoms with van der Waals surface area (Å²) in [5, 5.41) is 7.24. The van der Waals surface area contributed by atoms with E-state index in [1.165, 1.54) is 16.8 Å². The number of alkyl halides is 3. The number of carbonyl (C=O) groups excluding carboxylic acids is 1. The number of likely N-dealkylation sites (tertiary alicyclic amines) is 1. The molecule has 1 atom stereocenters. The number of hydrogen-bond acceptors (Lipinski definition) is 10. The molecule has 0 spiro atoms. The molecular formula is C45H58F3N7O6. The van der Waals surface area contributed by atoms with E-state index in [-0.39, 0.29) is 24.1 Å². The highest BCUT2D eigenvalue weighted by Crippen LogP contribution is 2.42. The van der Waals surface area contributed by atoms with Crippen molar-refractivity contribution in [2.45, 2.75) is 96.4 Å². The third kappa shape index (κ3) is 11.5. The Morgan fingerprint density at radius 3 is 2.25 bits per heavy atom. The third-order valence-electron chi connectivity index (χ3n) is 11.4. The summed E-state index contributed by atoms with van der Waals surface area (Å²) in [6.45, 7) is 10.1. The van der Waals surface area contributed by atoms with Crippen molar-refractivity contribution in [3.05, 3.63) is 105 Å². The van der Waals surface area contributed by atoms with Crippen molar-refractivity contribution in [3.63, 3.8) is 0 Å². The molecule has 61 heavy (non-hydrogen) atoms. The van der Waals surface area contributed by atoms with E-state index in [4.69, 9.17) is 18.9 Å². The van der Waals surface area contributed by atoms with Gasteiger partial charge in [0.05, 0.1) is 55.9 Å². The molecule has 1 saturated carbocycles. The predicted molar refractivity (Wildman–Crippen MR) is 226 cm³/mol. The number of likely N-dealkylation sites (N-methyl/N-ethyl adjacent to an activating group) is 1. The summed E-state index contributed by atoms with van der Waals surface area (Å²) in [6.07, 6.45) is 2.55. The van der Waals surface area contributed by atoms with Gasteiger partial charge in [0.2, 0.25) is 0 Å². The van der Waals surface area contributed by atoms with Crippen LogP contribution in [0.4, 0.5) is 18.0 Å². The maximum Gasteiger partial charge on any atom is 0.418 e. The normalized spacial score (nSPS) is 17.3. The van der Waals surface area contributed by atoms with Crippen LogP contribution in [0.15, 0.2) is 76.9 Å². The Kier molecular flexibility index (Phi) is 14.1. The van der Waals surface area contributed by atoms with Crippen molar-refractivity contribution in [2.24, 2.45) is 11.0 Å². The number of hydrogen-bond donors (Lipinski definition) is 2. The molecule has 2 fully saturated rings. The first kappa shape index (κ1) is 44.2. The summed E-state index contributed by atoms with van der Waals surface area (Å²) in [5.74, 6) is 1.38. The van der Waals surface area contributed by atoms with E-state index < -0.39 is 29.1 Å². The third-order valence-corrected chi connectivity index (χ3v) is 11.4. The number of benzene rings is 2. The second kappa shape index (κ2) is 19.4. The minimum Gasteiger partial charge on any atom is -0.444 e. The van der Waals surface area contributed by atoms with Gasteiger partial charge < -0.3 is 29.2 Å². The fraction of sp³-hybridized carbons (Fsp3) is 0.533. The molecule has 2 aromatic carbocycles. The molecule has 0 radical (unpaired) electrons. The largest absolute Gasteiger partial charge is 0.444 e. The molecule has 1 saturated heterocycles. The van der Waals surface area contributed by atoms with Crippen LogP contribution in [0.5, 0.6) is 0 Å². The van der Waals surface area contributed by atoms with Gasteiger partial charge in [0.1, 0.15) is 18.1 Å². The topological polar surface area (TPSA) is 123 Å². The number of amidine groups is 1. The summed E-state index contributed by atoms with van der Waals surface area (Å²) in [6, 6.07) is 16.7. The first-order valence-corrected chi connectivity index (χ1v) is 21.2. The SMILES string of the molecule is CN1CNN=C1C(c1cccc(-n2cc3c(C(F)(F)F)cc(CN4CCC(OCCOCc5ccc(COCCNC(=O)OC(C)(C)C)cc5)CC4)cn3c2=O)c1)C1CCC1. The highest BCUT2D eigenvalue weighted by molar-refractivity contribution is 5.90. The Balaban J connectivity index is 0.877. The van der Waals surface area contributed by atoms with Gasteiger partial charge in [-0.2, -0.15) is 18.3 Å². The number of piperidine rings is 1. The molecule has 0 bridgehead atoms. The number of pyridine rings is 1. The van der Waals surface area contributed by atoms with Gasteiger partial charge in [0.25, 0.3) is 0 Å². The predicted octanol–water partition coefficient (Wildman–Crippen LogP) is 7.04. The zero-order valence-electron chi connectivity index (χ0n) is 35.5. The van der Waals surface area contributed by atoms with E-state index in [0.29, 0.717) is 76.5 Å². The minimum absolute atomic E-state index is 0.0268. The maximum absolute atomic E-state index is 14.6. The Morgan fingerprint density at radius 2 is 1.62 bits per heavy atom. The lowest BCUT2D eigenvalue weighted by molar-refractivity contribution is -0.136. The smallest absolute Gasteiger partial charge is 0.418 e. The lowest BCUT2D eigenvalue weighted by Crippen LogP contribution is -2.37. The van der Waals surface area contributed by atoms with Gasteiger partial charge in [-0.05, 0) is 92.8 Å². The van der Waals surface area contributed by atoms with Crippen LogP contribution in [0.3, 0.4) is 0 Å². The van der Waals surface area contributed by atoms with Crippen molar-refractivity contribution in [1.29, 1.82) is 0 Å². The van der Waals surface area contributed by atoms with E-state index >= 15 is 0 Å². The monoisotopic (exact) mass is 849 g/mol. The number of amides is 1. The number of hydrazone groups is 1. The summed E-state index contributed by atoms with van der Waals surface area (Å²) >= 11 is 0. The number of nitrogens with zero attached hydrogens (tertiary/aromatic N) is 5. The molecule has 330 valence electrons. The average molecular weight is 850 g/mol. The van der Waals surface area contributed by atoms with Gasteiger partial charge in [-0.15, -0.1) is 0 Å². The van der Waals surface area contributed by atoms with Gasteiger partial charge >= 0.3 is 18.0 Å². The molecular weight excluding hydrogens is 792 g/mol. The maximum atomic E-state index is 14.6. The number of ether oxygens (including phenoxy) is 4. The number of rotatable bonds is 17. The Labute approximate surface area is 354 Å². The molecule has 2 N–H and O–H groups in total. The van der Waals surface area contributed by atoms with E-state index in [9.17, 15) is 22.8 Å². The number of fused-ring (bicyclic) bond motifs is 1. The van der Waals surface area contributed by atoms with E-state index in [2.05, 4.69) is 25.6 Å². The van der Waals surface area contributed by atoms with Crippen LogP contribution in [0, 0.1) is 5.92 Å². The quantitative estimate of drug-likeness (QED) is 0.108. The van der Waals surface area contributed by atoms with Crippen molar-refractivity contribution in [2.75, 3.05) is 53.2 Å². The Morgan fingerprint density at radius 1 is 0.918 bits per heavy atom. The number of aromatic nitrogens is 2. The van der Waals surface area contributed by atoms with Crippen LogP contribution in [-0.4, -0.2) is 95.6 Å².